The van der Waals surface area contributed by atoms with E-state index in [0.29, 0.717) is 22.1 Å². The summed E-state index contributed by atoms with van der Waals surface area (Å²) in [4.78, 5) is 26.2. The topological polar surface area (TPSA) is 96.7 Å². The van der Waals surface area contributed by atoms with Gasteiger partial charge < -0.3 is 9.73 Å². The van der Waals surface area contributed by atoms with Gasteiger partial charge in [0.1, 0.15) is 23.8 Å². The lowest BCUT2D eigenvalue weighted by molar-refractivity contribution is 0.0898. The van der Waals surface area contributed by atoms with Crippen LogP contribution in [0.3, 0.4) is 0 Å². The molecule has 43 heavy (non-hydrogen) atoms. The molecule has 0 radical (unpaired) electrons. The summed E-state index contributed by atoms with van der Waals surface area (Å²) in [7, 11) is -3.93. The number of nitrogens with one attached hydrogen (secondary N) is 1. The van der Waals surface area contributed by atoms with Crippen molar-refractivity contribution in [2.75, 3.05) is 30.5 Å². The van der Waals surface area contributed by atoms with Crippen molar-refractivity contribution in [3.05, 3.63) is 77.6 Å². The zero-order valence-corrected chi connectivity index (χ0v) is 25.2. The number of halogens is 3. The Morgan fingerprint density at radius 2 is 1.70 bits per heavy atom. The number of carbonyl (C=O) groups excluding carboxylic acids is 2. The molecule has 0 saturated carbocycles. The van der Waals surface area contributed by atoms with E-state index in [2.05, 4.69) is 5.32 Å². The van der Waals surface area contributed by atoms with Crippen LogP contribution in [0.4, 0.5) is 18.9 Å². The maximum atomic E-state index is 13.7. The van der Waals surface area contributed by atoms with Gasteiger partial charge in [-0.25, -0.2) is 17.2 Å². The quantitative estimate of drug-likeness (QED) is 0.172. The highest BCUT2D eigenvalue weighted by molar-refractivity contribution is 7.92. The number of Topliss-reactive ketones (excluding diaryl/α,β-unsaturated/α-hetero) is 1. The standard InChI is InChI=1S/C32H33F3N2O5S/c1-5-27(38)29-25-17-24(21-8-6-9-22(16-21)31(39)36-32(2,3)19-34)26(37(15-7-14-33)43(4,40)41)18-28(25)42-30(29)20-10-12-23(35)13-11-20/h6,8-13,16-18H,5,7,14-15,19H2,1-4H3,(H,36,39). The minimum Gasteiger partial charge on any atom is -0.455 e. The fourth-order valence-corrected chi connectivity index (χ4v) is 5.71. The maximum absolute atomic E-state index is 13.7. The van der Waals surface area contributed by atoms with Gasteiger partial charge >= 0.3 is 0 Å². The van der Waals surface area contributed by atoms with Crippen molar-refractivity contribution in [2.24, 2.45) is 0 Å². The third-order valence-electron chi connectivity index (χ3n) is 6.90. The molecule has 0 bridgehead atoms. The van der Waals surface area contributed by atoms with Gasteiger partial charge in [0, 0.05) is 41.1 Å². The SMILES string of the molecule is CCC(=O)c1c(-c2ccc(F)cc2)oc2cc(N(CCCF)S(C)(=O)=O)c(-c3cccc(C(=O)NC(C)(C)CF)c3)cc12. The molecule has 0 unspecified atom stereocenters. The van der Waals surface area contributed by atoms with Crippen LogP contribution in [0, 0.1) is 5.82 Å². The number of amides is 1. The summed E-state index contributed by atoms with van der Waals surface area (Å²) >= 11 is 0. The Morgan fingerprint density at radius 1 is 1.00 bits per heavy atom. The van der Waals surface area contributed by atoms with Crippen molar-refractivity contribution in [2.45, 2.75) is 39.2 Å². The van der Waals surface area contributed by atoms with Gasteiger partial charge in [0.25, 0.3) is 5.91 Å². The zero-order valence-electron chi connectivity index (χ0n) is 24.3. The molecule has 1 amide bonds. The largest absolute Gasteiger partial charge is 0.455 e. The normalized spacial score (nSPS) is 12.0. The molecular weight excluding hydrogens is 581 g/mol. The first-order valence-corrected chi connectivity index (χ1v) is 15.6. The summed E-state index contributed by atoms with van der Waals surface area (Å²) in [5, 5.41) is 3.02. The summed E-state index contributed by atoms with van der Waals surface area (Å²) in [5.74, 6) is -1.06. The van der Waals surface area contributed by atoms with Crippen LogP contribution in [-0.4, -0.2) is 51.8 Å². The fourth-order valence-electron chi connectivity index (χ4n) is 4.74. The lowest BCUT2D eigenvalue weighted by Gasteiger charge is -2.25. The Kier molecular flexibility index (Phi) is 9.34. The summed E-state index contributed by atoms with van der Waals surface area (Å²) < 4.78 is 73.5. The number of carbonyl (C=O) groups is 2. The number of alkyl halides is 2. The minimum absolute atomic E-state index is 0.0795. The fraction of sp³-hybridized carbons (Fsp3) is 0.312. The summed E-state index contributed by atoms with van der Waals surface area (Å²) in [6, 6.07) is 14.9. The van der Waals surface area contributed by atoms with E-state index in [1.165, 1.54) is 36.4 Å². The second-order valence-electron chi connectivity index (χ2n) is 10.9. The van der Waals surface area contributed by atoms with Gasteiger partial charge in [-0.2, -0.15) is 0 Å². The molecule has 0 saturated heterocycles. The van der Waals surface area contributed by atoms with Crippen molar-refractivity contribution in [1.29, 1.82) is 0 Å². The summed E-state index contributed by atoms with van der Waals surface area (Å²) in [5.41, 5.74) is 0.892. The van der Waals surface area contributed by atoms with Crippen molar-refractivity contribution >= 4 is 38.4 Å². The van der Waals surface area contributed by atoms with E-state index in [1.54, 1.807) is 45.0 Å². The van der Waals surface area contributed by atoms with E-state index in [-0.39, 0.29) is 53.3 Å². The third kappa shape index (κ3) is 6.93. The van der Waals surface area contributed by atoms with Gasteiger partial charge in [-0.3, -0.25) is 18.3 Å². The number of fused-ring (bicyclic) bond motifs is 1. The number of nitrogens with zero attached hydrogens (tertiary/aromatic N) is 1. The second kappa shape index (κ2) is 12.6. The van der Waals surface area contributed by atoms with Crippen LogP contribution in [0.2, 0.25) is 0 Å². The zero-order chi connectivity index (χ0) is 31.5. The predicted molar refractivity (Wildman–Crippen MR) is 162 cm³/mol. The number of rotatable bonds is 12. The Labute approximate surface area is 248 Å². The lowest BCUT2D eigenvalue weighted by Crippen LogP contribution is -2.45. The van der Waals surface area contributed by atoms with E-state index >= 15 is 0 Å². The van der Waals surface area contributed by atoms with Crippen LogP contribution in [0.25, 0.3) is 33.4 Å². The maximum Gasteiger partial charge on any atom is 0.251 e. The van der Waals surface area contributed by atoms with Gasteiger partial charge in [-0.05, 0) is 68.3 Å². The van der Waals surface area contributed by atoms with E-state index in [1.807, 2.05) is 0 Å². The molecule has 3 aromatic carbocycles. The first-order chi connectivity index (χ1) is 20.3. The van der Waals surface area contributed by atoms with Crippen LogP contribution in [0.15, 0.2) is 65.1 Å². The molecule has 7 nitrogen and oxygen atoms in total. The molecule has 0 aliphatic rings. The van der Waals surface area contributed by atoms with E-state index in [4.69, 9.17) is 4.42 Å². The Morgan fingerprint density at radius 3 is 2.30 bits per heavy atom. The van der Waals surface area contributed by atoms with Crippen molar-refractivity contribution in [1.82, 2.24) is 5.32 Å². The van der Waals surface area contributed by atoms with Crippen LogP contribution in [0.1, 0.15) is 54.3 Å². The van der Waals surface area contributed by atoms with Crippen molar-refractivity contribution in [3.8, 4) is 22.5 Å². The molecule has 11 heteroatoms. The molecular formula is C32H33F3N2O5S. The Hall–Kier alpha value is -4.12. The molecule has 0 fully saturated rings. The minimum atomic E-state index is -3.93. The van der Waals surface area contributed by atoms with Crippen molar-refractivity contribution in [3.63, 3.8) is 0 Å². The smallest absolute Gasteiger partial charge is 0.251 e. The van der Waals surface area contributed by atoms with Crippen LogP contribution in [-0.2, 0) is 10.0 Å². The molecule has 0 atom stereocenters. The van der Waals surface area contributed by atoms with Gasteiger partial charge in [0.05, 0.1) is 29.7 Å². The third-order valence-corrected chi connectivity index (χ3v) is 8.08. The van der Waals surface area contributed by atoms with Crippen LogP contribution >= 0.6 is 0 Å². The highest BCUT2D eigenvalue weighted by Gasteiger charge is 2.28. The molecule has 1 heterocycles. The highest BCUT2D eigenvalue weighted by Crippen LogP contribution is 2.42. The summed E-state index contributed by atoms with van der Waals surface area (Å²) in [6.07, 6.45) is 1.05. The average molecular weight is 615 g/mol. The lowest BCUT2D eigenvalue weighted by atomic mass is 9.95. The molecule has 4 aromatic rings. The predicted octanol–water partition coefficient (Wildman–Crippen LogP) is 7.10. The Bertz CT molecular complexity index is 1770. The van der Waals surface area contributed by atoms with E-state index in [9.17, 15) is 31.2 Å². The number of furan rings is 1. The average Bonchev–Trinajstić information content (AvgIpc) is 3.34. The molecule has 0 aliphatic heterocycles. The van der Waals surface area contributed by atoms with Crippen LogP contribution in [0.5, 0.6) is 0 Å². The summed E-state index contributed by atoms with van der Waals surface area (Å²) in [6.45, 7) is 3.05. The number of anilines is 1. The van der Waals surface area contributed by atoms with Gasteiger partial charge in [0.2, 0.25) is 10.0 Å². The van der Waals surface area contributed by atoms with E-state index < -0.39 is 40.6 Å². The van der Waals surface area contributed by atoms with Gasteiger partial charge in [-0.15, -0.1) is 0 Å². The number of benzene rings is 3. The van der Waals surface area contributed by atoms with Gasteiger partial charge in [0.15, 0.2) is 5.78 Å². The molecule has 0 spiro atoms. The molecule has 1 N–H and O–H groups in total. The first kappa shape index (κ1) is 31.8. The second-order valence-corrected chi connectivity index (χ2v) is 12.8. The van der Waals surface area contributed by atoms with Crippen LogP contribution < -0.4 is 9.62 Å². The monoisotopic (exact) mass is 614 g/mol. The van der Waals surface area contributed by atoms with E-state index in [0.717, 1.165) is 10.6 Å². The highest BCUT2D eigenvalue weighted by atomic mass is 32.2. The number of ketones is 1. The number of sulfonamides is 1. The number of hydrogen-bond donors (Lipinski definition) is 1. The molecule has 1 aromatic heterocycles. The van der Waals surface area contributed by atoms with Gasteiger partial charge in [-0.1, -0.05) is 19.1 Å². The number of hydrogen-bond acceptors (Lipinski definition) is 5. The molecule has 228 valence electrons. The molecule has 4 rings (SSSR count). The van der Waals surface area contributed by atoms with Crippen molar-refractivity contribution < 1.29 is 35.6 Å². The Balaban J connectivity index is 2.03. The molecule has 0 aliphatic carbocycles. The first-order valence-electron chi connectivity index (χ1n) is 13.7.